The topological polar surface area (TPSA) is 76.9 Å². The van der Waals surface area contributed by atoms with Crippen LogP contribution in [0.5, 0.6) is 5.75 Å². The molecule has 11 heteroatoms. The van der Waals surface area contributed by atoms with E-state index in [1.54, 1.807) is 11.0 Å². The van der Waals surface area contributed by atoms with E-state index in [0.717, 1.165) is 12.1 Å². The summed E-state index contributed by atoms with van der Waals surface area (Å²) in [4.78, 5) is 34.0. The van der Waals surface area contributed by atoms with E-state index in [4.69, 9.17) is 21.1 Å². The van der Waals surface area contributed by atoms with E-state index in [0.29, 0.717) is 29.8 Å². The standard InChI is InChI=1S/C27H27ClF2N4O4/c1-5-22(35)32-10-15(3)33(11-14(32)2)26-19-9-20(28)23(18-7-6-16(29)8-21(18)30)25-24(19)34(27(36)31-26)17(12-37-4)13-38-25/h5-9,14-15,17H,1,10-13H2,2-4H3/t14-,15+,17+/m1/s1. The van der Waals surface area contributed by atoms with Crippen molar-refractivity contribution < 1.29 is 23.0 Å². The van der Waals surface area contributed by atoms with Crippen LogP contribution in [-0.4, -0.2) is 65.9 Å². The Morgan fingerprint density at radius 2 is 2.03 bits per heavy atom. The third-order valence-corrected chi connectivity index (χ3v) is 7.46. The summed E-state index contributed by atoms with van der Waals surface area (Å²) in [6, 6.07) is 4.00. The molecule has 2 aliphatic rings. The van der Waals surface area contributed by atoms with Crippen molar-refractivity contribution in [3.63, 3.8) is 0 Å². The van der Waals surface area contributed by atoms with Gasteiger partial charge in [-0.15, -0.1) is 0 Å². The van der Waals surface area contributed by atoms with Crippen molar-refractivity contribution in [2.24, 2.45) is 0 Å². The zero-order valence-corrected chi connectivity index (χ0v) is 22.0. The van der Waals surface area contributed by atoms with E-state index in [1.165, 1.54) is 23.8 Å². The minimum Gasteiger partial charge on any atom is -0.488 e. The number of rotatable bonds is 5. The lowest BCUT2D eigenvalue weighted by molar-refractivity contribution is -0.128. The molecule has 38 heavy (non-hydrogen) atoms. The van der Waals surface area contributed by atoms with Crippen LogP contribution < -0.4 is 15.3 Å². The predicted molar refractivity (Wildman–Crippen MR) is 141 cm³/mol. The maximum Gasteiger partial charge on any atom is 0.350 e. The molecule has 0 saturated carbocycles. The molecule has 1 aromatic heterocycles. The van der Waals surface area contributed by atoms with Crippen LogP contribution in [0, 0.1) is 11.6 Å². The maximum absolute atomic E-state index is 14.9. The van der Waals surface area contributed by atoms with Gasteiger partial charge in [0, 0.05) is 54.9 Å². The number of aromatic nitrogens is 2. The highest BCUT2D eigenvalue weighted by atomic mass is 35.5. The zero-order valence-electron chi connectivity index (χ0n) is 21.2. The van der Waals surface area contributed by atoms with E-state index in [2.05, 4.69) is 11.6 Å². The average Bonchev–Trinajstić information content (AvgIpc) is 2.88. The second-order valence-corrected chi connectivity index (χ2v) is 10.0. The molecule has 3 heterocycles. The fourth-order valence-electron chi connectivity index (χ4n) is 5.38. The number of methoxy groups -OCH3 is 1. The maximum atomic E-state index is 14.9. The lowest BCUT2D eigenvalue weighted by atomic mass is 9.99. The highest BCUT2D eigenvalue weighted by Gasteiger charge is 2.36. The number of nitrogens with zero attached hydrogens (tertiary/aromatic N) is 4. The first kappa shape index (κ1) is 26.1. The minimum absolute atomic E-state index is 0.0504. The van der Waals surface area contributed by atoms with Gasteiger partial charge in [-0.3, -0.25) is 9.36 Å². The molecule has 3 aromatic rings. The van der Waals surface area contributed by atoms with Crippen molar-refractivity contribution in [3.05, 3.63) is 64.1 Å². The summed E-state index contributed by atoms with van der Waals surface area (Å²) in [5, 5.41) is 0.705. The van der Waals surface area contributed by atoms with E-state index in [1.807, 2.05) is 18.7 Å². The van der Waals surface area contributed by atoms with Crippen LogP contribution in [-0.2, 0) is 9.53 Å². The van der Waals surface area contributed by atoms with Gasteiger partial charge in [0.1, 0.15) is 24.1 Å². The quantitative estimate of drug-likeness (QED) is 0.448. The summed E-state index contributed by atoms with van der Waals surface area (Å²) in [5.74, 6) is -1.09. The number of hydrogen-bond donors (Lipinski definition) is 0. The normalized spacial score (nSPS) is 20.9. The van der Waals surface area contributed by atoms with Crippen molar-refractivity contribution >= 4 is 34.2 Å². The van der Waals surface area contributed by atoms with Gasteiger partial charge in [-0.2, -0.15) is 4.98 Å². The Labute approximate surface area is 223 Å². The van der Waals surface area contributed by atoms with Crippen molar-refractivity contribution in [2.75, 3.05) is 38.3 Å². The summed E-state index contributed by atoms with van der Waals surface area (Å²) in [7, 11) is 1.52. The second-order valence-electron chi connectivity index (χ2n) is 9.64. The molecule has 200 valence electrons. The third-order valence-electron chi connectivity index (χ3n) is 7.16. The first-order valence-electron chi connectivity index (χ1n) is 12.2. The smallest absolute Gasteiger partial charge is 0.350 e. The van der Waals surface area contributed by atoms with Crippen LogP contribution in [0.1, 0.15) is 19.9 Å². The van der Waals surface area contributed by atoms with Crippen LogP contribution in [0.25, 0.3) is 22.0 Å². The molecule has 5 rings (SSSR count). The molecule has 0 spiro atoms. The van der Waals surface area contributed by atoms with Crippen molar-refractivity contribution in [1.29, 1.82) is 0 Å². The molecule has 3 atom stereocenters. The molecule has 1 fully saturated rings. The number of carbonyl (C=O) groups is 1. The second kappa shape index (κ2) is 9.99. The highest BCUT2D eigenvalue weighted by molar-refractivity contribution is 6.35. The van der Waals surface area contributed by atoms with Crippen LogP contribution in [0.2, 0.25) is 5.02 Å². The molecule has 0 N–H and O–H groups in total. The van der Waals surface area contributed by atoms with E-state index in [9.17, 15) is 18.4 Å². The monoisotopic (exact) mass is 544 g/mol. The molecule has 0 aliphatic carbocycles. The average molecular weight is 545 g/mol. The number of anilines is 1. The van der Waals surface area contributed by atoms with Crippen molar-refractivity contribution in [1.82, 2.24) is 14.5 Å². The molecule has 0 unspecified atom stereocenters. The van der Waals surface area contributed by atoms with Gasteiger partial charge < -0.3 is 19.3 Å². The Morgan fingerprint density at radius 3 is 2.71 bits per heavy atom. The van der Waals surface area contributed by atoms with Gasteiger partial charge in [0.05, 0.1) is 23.2 Å². The van der Waals surface area contributed by atoms with Gasteiger partial charge >= 0.3 is 5.69 Å². The summed E-state index contributed by atoms with van der Waals surface area (Å²) in [6.07, 6.45) is 1.29. The highest BCUT2D eigenvalue weighted by Crippen LogP contribution is 2.47. The summed E-state index contributed by atoms with van der Waals surface area (Å²) < 4.78 is 41.5. The Hall–Kier alpha value is -3.50. The number of piperazine rings is 1. The van der Waals surface area contributed by atoms with Gasteiger partial charge in [0.25, 0.3) is 0 Å². The Bertz CT molecular complexity index is 1510. The fourth-order valence-corrected chi connectivity index (χ4v) is 5.68. The largest absolute Gasteiger partial charge is 0.488 e. The van der Waals surface area contributed by atoms with Crippen LogP contribution >= 0.6 is 11.6 Å². The lowest BCUT2D eigenvalue weighted by Gasteiger charge is -2.45. The number of amides is 1. The van der Waals surface area contributed by atoms with Crippen molar-refractivity contribution in [3.8, 4) is 16.9 Å². The molecule has 0 bridgehead atoms. The van der Waals surface area contributed by atoms with Gasteiger partial charge in [0.2, 0.25) is 5.91 Å². The summed E-state index contributed by atoms with van der Waals surface area (Å²) in [6.45, 7) is 8.52. The summed E-state index contributed by atoms with van der Waals surface area (Å²) >= 11 is 6.74. The molecule has 0 radical (unpaired) electrons. The van der Waals surface area contributed by atoms with Gasteiger partial charge in [0.15, 0.2) is 5.75 Å². The Balaban J connectivity index is 1.76. The number of carbonyl (C=O) groups excluding carboxylic acids is 1. The van der Waals surface area contributed by atoms with Gasteiger partial charge in [-0.25, -0.2) is 13.6 Å². The van der Waals surface area contributed by atoms with Crippen molar-refractivity contribution in [2.45, 2.75) is 32.0 Å². The zero-order chi connectivity index (χ0) is 27.3. The minimum atomic E-state index is -0.807. The van der Waals surface area contributed by atoms with E-state index < -0.39 is 23.4 Å². The van der Waals surface area contributed by atoms with Gasteiger partial charge in [-0.05, 0) is 38.1 Å². The fraction of sp³-hybridized carbons (Fsp3) is 0.370. The first-order valence-corrected chi connectivity index (χ1v) is 12.6. The number of ether oxygens (including phenoxy) is 2. The molecular weight excluding hydrogens is 518 g/mol. The molecule has 1 amide bonds. The summed E-state index contributed by atoms with van der Waals surface area (Å²) in [5.41, 5.74) is 0.160. The van der Waals surface area contributed by atoms with Crippen LogP contribution in [0.15, 0.2) is 41.7 Å². The van der Waals surface area contributed by atoms with Crippen LogP contribution in [0.3, 0.4) is 0 Å². The third kappa shape index (κ3) is 4.21. The predicted octanol–water partition coefficient (Wildman–Crippen LogP) is 4.19. The van der Waals surface area contributed by atoms with Gasteiger partial charge in [-0.1, -0.05) is 18.2 Å². The lowest BCUT2D eigenvalue weighted by Crippen LogP contribution is -2.58. The first-order chi connectivity index (χ1) is 18.2. The SMILES string of the molecule is C=CC(=O)N1C[C@H](C)N(c2nc(=O)n3c4c(c(-c5ccc(F)cc5F)c(Cl)cc24)OC[C@@H]3COC)C[C@H]1C. The number of halogens is 3. The van der Waals surface area contributed by atoms with Crippen LogP contribution in [0.4, 0.5) is 14.6 Å². The molecule has 1 saturated heterocycles. The number of hydrogen-bond acceptors (Lipinski definition) is 6. The molecule has 2 aliphatic heterocycles. The van der Waals surface area contributed by atoms with E-state index in [-0.39, 0.29) is 53.1 Å². The van der Waals surface area contributed by atoms with E-state index >= 15 is 0 Å². The number of benzene rings is 2. The molecule has 8 nitrogen and oxygen atoms in total. The Kier molecular flexibility index (Phi) is 6.87. The molecular formula is C27H27ClF2N4O4. The Morgan fingerprint density at radius 1 is 1.26 bits per heavy atom. The molecule has 2 aromatic carbocycles.